The first-order valence-electron chi connectivity index (χ1n) is 6.78. The van der Waals surface area contributed by atoms with E-state index in [-0.39, 0.29) is 11.9 Å². The largest absolute Gasteiger partial charge is 0.495 e. The third-order valence-corrected chi connectivity index (χ3v) is 4.25. The van der Waals surface area contributed by atoms with Crippen molar-refractivity contribution < 1.29 is 9.53 Å². The Bertz CT molecular complexity index is 584. The number of para-hydroxylation sites is 2. The fraction of sp³-hybridized carbons (Fsp3) is 0.312. The highest BCUT2D eigenvalue weighted by Gasteiger charge is 2.19. The predicted molar refractivity (Wildman–Crippen MR) is 86.9 cm³/mol. The van der Waals surface area contributed by atoms with Gasteiger partial charge in [-0.15, -0.1) is 11.3 Å². The number of carbonyl (C=O) groups excluding carboxylic acids is 1. The van der Waals surface area contributed by atoms with E-state index in [0.29, 0.717) is 11.4 Å². The van der Waals surface area contributed by atoms with E-state index in [1.165, 1.54) is 4.88 Å². The Morgan fingerprint density at radius 2 is 2.10 bits per heavy atom. The summed E-state index contributed by atoms with van der Waals surface area (Å²) in [6.07, 6.45) is 0. The smallest absolute Gasteiger partial charge is 0.241 e. The average molecular weight is 304 g/mol. The summed E-state index contributed by atoms with van der Waals surface area (Å²) >= 11 is 1.70. The molecule has 1 N–H and O–H groups in total. The number of amides is 1. The van der Waals surface area contributed by atoms with Crippen LogP contribution in [0.25, 0.3) is 0 Å². The van der Waals surface area contributed by atoms with Crippen molar-refractivity contribution in [2.24, 2.45) is 0 Å². The summed E-state index contributed by atoms with van der Waals surface area (Å²) < 4.78 is 5.25. The molecule has 1 heterocycles. The third-order valence-electron chi connectivity index (χ3n) is 3.39. The lowest BCUT2D eigenvalue weighted by Gasteiger charge is -2.23. The summed E-state index contributed by atoms with van der Waals surface area (Å²) in [4.78, 5) is 15.6. The van der Waals surface area contributed by atoms with Crippen LogP contribution in [-0.2, 0) is 11.3 Å². The lowest BCUT2D eigenvalue weighted by atomic mass is 10.2. The van der Waals surface area contributed by atoms with Crippen LogP contribution in [0.1, 0.15) is 11.8 Å². The van der Waals surface area contributed by atoms with Gasteiger partial charge in [-0.05, 0) is 37.6 Å². The fourth-order valence-corrected chi connectivity index (χ4v) is 2.74. The number of methoxy groups -OCH3 is 1. The highest BCUT2D eigenvalue weighted by atomic mass is 32.1. The summed E-state index contributed by atoms with van der Waals surface area (Å²) in [6.45, 7) is 2.66. The number of rotatable bonds is 6. The summed E-state index contributed by atoms with van der Waals surface area (Å²) in [5, 5.41) is 4.96. The van der Waals surface area contributed by atoms with Gasteiger partial charge in [-0.2, -0.15) is 0 Å². The monoisotopic (exact) mass is 304 g/mol. The van der Waals surface area contributed by atoms with Crippen LogP contribution in [0, 0.1) is 0 Å². The second-order valence-corrected chi connectivity index (χ2v) is 5.89. The van der Waals surface area contributed by atoms with Gasteiger partial charge in [0.15, 0.2) is 0 Å². The van der Waals surface area contributed by atoms with Crippen molar-refractivity contribution in [1.82, 2.24) is 4.90 Å². The van der Waals surface area contributed by atoms with Crippen molar-refractivity contribution in [3.63, 3.8) is 0 Å². The van der Waals surface area contributed by atoms with Gasteiger partial charge in [0.1, 0.15) is 5.75 Å². The van der Waals surface area contributed by atoms with Crippen molar-refractivity contribution in [2.75, 3.05) is 19.5 Å². The number of thiophene rings is 1. The molecule has 0 aliphatic carbocycles. The Morgan fingerprint density at radius 3 is 2.76 bits per heavy atom. The number of ether oxygens (including phenoxy) is 1. The van der Waals surface area contributed by atoms with Gasteiger partial charge < -0.3 is 10.1 Å². The Hall–Kier alpha value is -1.85. The second kappa shape index (κ2) is 7.24. The molecule has 1 atom stereocenters. The van der Waals surface area contributed by atoms with E-state index < -0.39 is 0 Å². The Morgan fingerprint density at radius 1 is 1.33 bits per heavy atom. The molecule has 1 aromatic heterocycles. The van der Waals surface area contributed by atoms with E-state index in [9.17, 15) is 4.79 Å². The normalized spacial score (nSPS) is 12.2. The minimum Gasteiger partial charge on any atom is -0.495 e. The number of hydrogen-bond donors (Lipinski definition) is 1. The molecule has 0 unspecified atom stereocenters. The molecule has 0 aliphatic rings. The standard InChI is InChI=1S/C16H20N2O2S/c1-12(18(2)11-13-7-6-10-21-13)16(19)17-14-8-4-5-9-15(14)20-3/h4-10,12H,11H2,1-3H3,(H,17,19)/t12-/m0/s1. The molecule has 0 bridgehead atoms. The van der Waals surface area contributed by atoms with Gasteiger partial charge in [-0.1, -0.05) is 18.2 Å². The van der Waals surface area contributed by atoms with E-state index >= 15 is 0 Å². The number of anilines is 1. The maximum absolute atomic E-state index is 12.3. The lowest BCUT2D eigenvalue weighted by Crippen LogP contribution is -2.39. The average Bonchev–Trinajstić information content (AvgIpc) is 2.99. The molecular formula is C16H20N2O2S. The topological polar surface area (TPSA) is 41.6 Å². The molecule has 0 fully saturated rings. The summed E-state index contributed by atoms with van der Waals surface area (Å²) in [5.74, 6) is 0.623. The Labute approximate surface area is 129 Å². The molecule has 0 radical (unpaired) electrons. The maximum Gasteiger partial charge on any atom is 0.241 e. The number of carbonyl (C=O) groups is 1. The van der Waals surface area contributed by atoms with Crippen molar-refractivity contribution in [3.05, 3.63) is 46.7 Å². The van der Waals surface area contributed by atoms with Gasteiger partial charge in [0.25, 0.3) is 0 Å². The number of hydrogen-bond acceptors (Lipinski definition) is 4. The molecular weight excluding hydrogens is 284 g/mol. The molecule has 1 aromatic carbocycles. The van der Waals surface area contributed by atoms with Gasteiger partial charge in [0, 0.05) is 11.4 Å². The van der Waals surface area contributed by atoms with Crippen molar-refractivity contribution in [3.8, 4) is 5.75 Å². The molecule has 112 valence electrons. The van der Waals surface area contributed by atoms with Crippen LogP contribution in [0.15, 0.2) is 41.8 Å². The van der Waals surface area contributed by atoms with Gasteiger partial charge in [-0.25, -0.2) is 0 Å². The van der Waals surface area contributed by atoms with Crippen molar-refractivity contribution in [1.29, 1.82) is 0 Å². The highest BCUT2D eigenvalue weighted by Crippen LogP contribution is 2.23. The SMILES string of the molecule is COc1ccccc1NC(=O)[C@H](C)N(C)Cc1cccs1. The molecule has 0 saturated carbocycles. The third kappa shape index (κ3) is 4.06. The molecule has 0 aliphatic heterocycles. The van der Waals surface area contributed by atoms with Gasteiger partial charge in [0.2, 0.25) is 5.91 Å². The van der Waals surface area contributed by atoms with E-state index in [2.05, 4.69) is 11.4 Å². The number of likely N-dealkylation sites (N-methyl/N-ethyl adjacent to an activating group) is 1. The Kier molecular flexibility index (Phi) is 5.36. The zero-order chi connectivity index (χ0) is 15.2. The number of nitrogens with one attached hydrogen (secondary N) is 1. The summed E-state index contributed by atoms with van der Waals surface area (Å²) in [5.41, 5.74) is 0.696. The van der Waals surface area contributed by atoms with Crippen LogP contribution in [0.5, 0.6) is 5.75 Å². The van der Waals surface area contributed by atoms with E-state index in [4.69, 9.17) is 4.74 Å². The lowest BCUT2D eigenvalue weighted by molar-refractivity contribution is -0.120. The molecule has 4 nitrogen and oxygen atoms in total. The van der Waals surface area contributed by atoms with Gasteiger partial charge in [-0.3, -0.25) is 9.69 Å². The van der Waals surface area contributed by atoms with Crippen molar-refractivity contribution in [2.45, 2.75) is 19.5 Å². The van der Waals surface area contributed by atoms with Crippen LogP contribution in [-0.4, -0.2) is 31.0 Å². The van der Waals surface area contributed by atoms with Crippen LogP contribution in [0.4, 0.5) is 5.69 Å². The van der Waals surface area contributed by atoms with Gasteiger partial charge >= 0.3 is 0 Å². The fourth-order valence-electron chi connectivity index (χ4n) is 1.97. The van der Waals surface area contributed by atoms with E-state index in [0.717, 1.165) is 6.54 Å². The molecule has 2 rings (SSSR count). The molecule has 1 amide bonds. The molecule has 0 saturated heterocycles. The van der Waals surface area contributed by atoms with Crippen LogP contribution in [0.3, 0.4) is 0 Å². The predicted octanol–water partition coefficient (Wildman–Crippen LogP) is 3.22. The van der Waals surface area contributed by atoms with Crippen LogP contribution >= 0.6 is 11.3 Å². The van der Waals surface area contributed by atoms with E-state index in [1.54, 1.807) is 18.4 Å². The quantitative estimate of drug-likeness (QED) is 0.891. The minimum atomic E-state index is -0.225. The molecule has 2 aromatic rings. The van der Waals surface area contributed by atoms with Gasteiger partial charge in [0.05, 0.1) is 18.8 Å². The second-order valence-electron chi connectivity index (χ2n) is 4.86. The zero-order valence-electron chi connectivity index (χ0n) is 12.5. The first kappa shape index (κ1) is 15.5. The zero-order valence-corrected chi connectivity index (χ0v) is 13.3. The molecule has 5 heteroatoms. The highest BCUT2D eigenvalue weighted by molar-refractivity contribution is 7.09. The maximum atomic E-state index is 12.3. The van der Waals surface area contributed by atoms with Crippen molar-refractivity contribution >= 4 is 22.9 Å². The molecule has 21 heavy (non-hydrogen) atoms. The summed E-state index contributed by atoms with van der Waals surface area (Å²) in [7, 11) is 3.55. The Balaban J connectivity index is 1.98. The number of benzene rings is 1. The molecule has 0 spiro atoms. The first-order chi connectivity index (χ1) is 10.1. The first-order valence-corrected chi connectivity index (χ1v) is 7.66. The minimum absolute atomic E-state index is 0.0430. The number of nitrogens with zero attached hydrogens (tertiary/aromatic N) is 1. The van der Waals surface area contributed by atoms with E-state index in [1.807, 2.05) is 54.6 Å². The summed E-state index contributed by atoms with van der Waals surface area (Å²) in [6, 6.07) is 11.3. The van der Waals surface area contributed by atoms with Crippen LogP contribution < -0.4 is 10.1 Å². The van der Waals surface area contributed by atoms with Crippen LogP contribution in [0.2, 0.25) is 0 Å².